The molecule has 0 aromatic carbocycles. The molecule has 2 aliphatic rings. The van der Waals surface area contributed by atoms with Crippen LogP contribution in [-0.2, 0) is 26.1 Å². The van der Waals surface area contributed by atoms with Gasteiger partial charge >= 0.3 is 21.7 Å². The maximum absolute atomic E-state index is 6.37. The van der Waals surface area contributed by atoms with Gasteiger partial charge in [-0.1, -0.05) is 58.2 Å². The third kappa shape index (κ3) is 8.26. The molecule has 2 atom stereocenters. The molecule has 1 fully saturated rings. The zero-order valence-electron chi connectivity index (χ0n) is 15.8. The van der Waals surface area contributed by atoms with E-state index in [0.29, 0.717) is 17.9 Å². The van der Waals surface area contributed by atoms with Crippen molar-refractivity contribution >= 4 is 8.48 Å². The van der Waals surface area contributed by atoms with E-state index in [0.717, 1.165) is 0 Å². The molecule has 2 unspecified atom stereocenters. The van der Waals surface area contributed by atoms with Crippen LogP contribution in [0.25, 0.3) is 4.98 Å². The Morgan fingerprint density at radius 2 is 1.36 bits per heavy atom. The van der Waals surface area contributed by atoms with Crippen LogP contribution in [0.5, 0.6) is 0 Å². The van der Waals surface area contributed by atoms with Gasteiger partial charge in [-0.2, -0.15) is 0 Å². The third-order valence-electron chi connectivity index (χ3n) is 3.51. The second-order valence-electron chi connectivity index (χ2n) is 7.04. The largest absolute Gasteiger partial charge is 4.00 e. The first-order valence-corrected chi connectivity index (χ1v) is 9.88. The molecule has 2 aliphatic carbocycles. The van der Waals surface area contributed by atoms with Gasteiger partial charge in [-0.05, 0) is 24.7 Å². The van der Waals surface area contributed by atoms with Crippen molar-refractivity contribution in [2.24, 2.45) is 11.8 Å². The van der Waals surface area contributed by atoms with Crippen LogP contribution >= 0.6 is 0 Å². The molecule has 0 radical (unpaired) electrons. The summed E-state index contributed by atoms with van der Waals surface area (Å²) in [5.41, 5.74) is 0.0148. The van der Waals surface area contributed by atoms with Gasteiger partial charge in [-0.15, -0.1) is 5.54 Å². The molecule has 0 amide bonds. The first-order chi connectivity index (χ1) is 8.25. The molecule has 0 spiro atoms. The van der Waals surface area contributed by atoms with E-state index in [4.69, 9.17) is 9.41 Å². The normalized spacial score (nSPS) is 26.0. The summed E-state index contributed by atoms with van der Waals surface area (Å²) < 4.78 is 6.37. The van der Waals surface area contributed by atoms with Crippen molar-refractivity contribution in [1.82, 2.24) is 0 Å². The maximum atomic E-state index is 6.37. The van der Waals surface area contributed by atoms with E-state index >= 15 is 0 Å². The number of hydrogen-bond donors (Lipinski definition) is 0. The molecular weight excluding hydrogens is 322 g/mol. The summed E-state index contributed by atoms with van der Waals surface area (Å²) in [6.07, 6.45) is 11.8. The fraction of sp³-hybridized carbons (Fsp3) is 0.611. The molecule has 22 heavy (non-hydrogen) atoms. The van der Waals surface area contributed by atoms with Gasteiger partial charge in [-0.3, -0.25) is 0 Å². The van der Waals surface area contributed by atoms with E-state index in [1.807, 2.05) is 0 Å². The van der Waals surface area contributed by atoms with Crippen molar-refractivity contribution in [3.8, 4) is 0 Å². The van der Waals surface area contributed by atoms with E-state index in [-0.39, 0.29) is 49.5 Å². The molecule has 0 aliphatic heterocycles. The van der Waals surface area contributed by atoms with Gasteiger partial charge in [-0.25, -0.2) is 0 Å². The van der Waals surface area contributed by atoms with Gasteiger partial charge in [0.15, 0.2) is 0 Å². The SMILES string of the molecule is CC(C)(C)[N-][Si](C)(C)OC1CC2C=CC=CC2C1.[CH3-].[CH3-].[CH3-].[Ti+4]. The van der Waals surface area contributed by atoms with Crippen molar-refractivity contribution < 1.29 is 26.1 Å². The number of nitrogens with zero attached hydrogens (tertiary/aromatic N) is 1. The molecule has 1 saturated carbocycles. The number of allylic oxidation sites excluding steroid dienone is 4. The van der Waals surface area contributed by atoms with Crippen molar-refractivity contribution in [3.63, 3.8) is 0 Å². The second kappa shape index (κ2) is 10.2. The Labute approximate surface area is 156 Å². The van der Waals surface area contributed by atoms with Crippen molar-refractivity contribution in [2.45, 2.75) is 58.3 Å². The predicted octanol–water partition coefficient (Wildman–Crippen LogP) is 5.75. The van der Waals surface area contributed by atoms with Crippen molar-refractivity contribution in [1.29, 1.82) is 0 Å². The Hall–Kier alpha value is 0.331. The van der Waals surface area contributed by atoms with Crippen LogP contribution in [0.3, 0.4) is 0 Å². The Balaban J connectivity index is -0.000000902. The molecule has 2 rings (SSSR count). The zero-order chi connectivity index (χ0) is 13.4. The van der Waals surface area contributed by atoms with Gasteiger partial charge in [0, 0.05) is 6.10 Å². The number of hydrogen-bond acceptors (Lipinski definition) is 1. The summed E-state index contributed by atoms with van der Waals surface area (Å²) in [4.78, 5) is 4.90. The Bertz CT molecular complexity index is 341. The molecular formula is C18H35NOSiTi. The van der Waals surface area contributed by atoms with Crippen LogP contribution in [0.4, 0.5) is 0 Å². The van der Waals surface area contributed by atoms with Crippen LogP contribution in [0.2, 0.25) is 13.1 Å². The van der Waals surface area contributed by atoms with E-state index in [1.54, 1.807) is 0 Å². The van der Waals surface area contributed by atoms with E-state index in [2.05, 4.69) is 58.2 Å². The topological polar surface area (TPSA) is 23.3 Å². The van der Waals surface area contributed by atoms with Gasteiger partial charge < -0.3 is 31.7 Å². The molecule has 2 nitrogen and oxygen atoms in total. The summed E-state index contributed by atoms with van der Waals surface area (Å²) in [6.45, 7) is 10.9. The average Bonchev–Trinajstić information content (AvgIpc) is 2.53. The number of fused-ring (bicyclic) bond motifs is 1. The Kier molecular flexibility index (Phi) is 12.7. The summed E-state index contributed by atoms with van der Waals surface area (Å²) in [7, 11) is -1.89. The van der Waals surface area contributed by atoms with Crippen LogP contribution in [0.1, 0.15) is 33.6 Å². The summed E-state index contributed by atoms with van der Waals surface area (Å²) in [5, 5.41) is 0. The smallest absolute Gasteiger partial charge is 0.637 e. The standard InChI is InChI=1S/C15H26NOSi.3CH3.Ti/c1-15(2,3)16-18(4,5)17-14-10-12-8-6-7-9-13(12)11-14;;;;/h6-9,12-14H,10-11H2,1-5H3;3*1H3;/q4*-1;+4. The van der Waals surface area contributed by atoms with E-state index < -0.39 is 8.48 Å². The molecule has 0 bridgehead atoms. The first kappa shape index (κ1) is 27.2. The third-order valence-corrected chi connectivity index (χ3v) is 5.63. The van der Waals surface area contributed by atoms with Crippen molar-refractivity contribution in [2.75, 3.05) is 0 Å². The maximum Gasteiger partial charge on any atom is 4.00 e. The monoisotopic (exact) mass is 357 g/mol. The fourth-order valence-electron chi connectivity index (χ4n) is 3.25. The summed E-state index contributed by atoms with van der Waals surface area (Å²) in [5.74, 6) is 1.39. The van der Waals surface area contributed by atoms with Gasteiger partial charge in [0.25, 0.3) is 0 Å². The quantitative estimate of drug-likeness (QED) is 0.466. The zero-order valence-corrected chi connectivity index (χ0v) is 18.4. The molecule has 0 N–H and O–H groups in total. The summed E-state index contributed by atoms with van der Waals surface area (Å²) >= 11 is 0. The minimum atomic E-state index is -1.89. The first-order valence-electron chi connectivity index (χ1n) is 7.02. The average molecular weight is 357 g/mol. The van der Waals surface area contributed by atoms with Crippen LogP contribution < -0.4 is 0 Å². The van der Waals surface area contributed by atoms with Gasteiger partial charge in [0.05, 0.1) is 8.48 Å². The minimum absolute atomic E-state index is 0. The Morgan fingerprint density at radius 3 is 1.73 bits per heavy atom. The predicted molar refractivity (Wildman–Crippen MR) is 99.2 cm³/mol. The minimum Gasteiger partial charge on any atom is -0.637 e. The molecule has 4 heteroatoms. The molecule has 0 saturated heterocycles. The summed E-state index contributed by atoms with van der Waals surface area (Å²) in [6, 6.07) is 0. The van der Waals surface area contributed by atoms with Gasteiger partial charge in [0.2, 0.25) is 0 Å². The van der Waals surface area contributed by atoms with E-state index in [1.165, 1.54) is 12.8 Å². The number of rotatable bonds is 3. The molecule has 126 valence electrons. The van der Waals surface area contributed by atoms with E-state index in [9.17, 15) is 0 Å². The molecule has 0 heterocycles. The van der Waals surface area contributed by atoms with Gasteiger partial charge in [0.1, 0.15) is 0 Å². The van der Waals surface area contributed by atoms with Crippen LogP contribution in [0.15, 0.2) is 24.3 Å². The fourth-order valence-corrected chi connectivity index (χ4v) is 5.92. The van der Waals surface area contributed by atoms with Crippen LogP contribution in [-0.4, -0.2) is 20.1 Å². The van der Waals surface area contributed by atoms with Crippen LogP contribution in [0, 0.1) is 34.1 Å². The molecule has 0 aromatic rings. The second-order valence-corrected chi connectivity index (χ2v) is 10.4. The Morgan fingerprint density at radius 1 is 0.955 bits per heavy atom. The molecule has 0 aromatic heterocycles. The van der Waals surface area contributed by atoms with Crippen molar-refractivity contribution in [3.05, 3.63) is 51.6 Å².